The zero-order valence-corrected chi connectivity index (χ0v) is 11.3. The van der Waals surface area contributed by atoms with Gasteiger partial charge >= 0.3 is 6.36 Å². The van der Waals surface area contributed by atoms with Crippen molar-refractivity contribution in [1.82, 2.24) is 10.6 Å². The van der Waals surface area contributed by atoms with Crippen LogP contribution in [0.25, 0.3) is 0 Å². The summed E-state index contributed by atoms with van der Waals surface area (Å²) in [5.74, 6) is -0.564. The molecule has 0 aromatic heterocycles. The lowest BCUT2D eigenvalue weighted by molar-refractivity contribution is -0.274. The number of carbonyl (C=O) groups is 1. The third-order valence-corrected chi connectivity index (χ3v) is 3.01. The summed E-state index contributed by atoms with van der Waals surface area (Å²) < 4.78 is 39.8. The number of hydrogen-bond donors (Lipinski definition) is 3. The maximum Gasteiger partial charge on any atom is 0.573 e. The molecule has 5 nitrogen and oxygen atoms in total. The molecule has 1 aromatic rings. The molecule has 21 heavy (non-hydrogen) atoms. The van der Waals surface area contributed by atoms with Crippen molar-refractivity contribution in [2.24, 2.45) is 0 Å². The summed E-state index contributed by atoms with van der Waals surface area (Å²) in [6.45, 7) is 3.18. The van der Waals surface area contributed by atoms with Crippen LogP contribution in [0.1, 0.15) is 6.92 Å². The van der Waals surface area contributed by atoms with E-state index in [9.17, 15) is 18.0 Å². The summed E-state index contributed by atoms with van der Waals surface area (Å²) in [5, 5.41) is 8.89. The first-order valence-electron chi connectivity index (χ1n) is 6.47. The van der Waals surface area contributed by atoms with E-state index in [1.165, 1.54) is 12.1 Å². The highest BCUT2D eigenvalue weighted by atomic mass is 19.4. The normalized spacial score (nSPS) is 22.7. The largest absolute Gasteiger partial charge is 0.573 e. The number of halogens is 3. The summed E-state index contributed by atoms with van der Waals surface area (Å²) in [6, 6.07) is 4.95. The molecule has 1 aliphatic heterocycles. The van der Waals surface area contributed by atoms with E-state index >= 15 is 0 Å². The molecule has 1 amide bonds. The van der Waals surface area contributed by atoms with Gasteiger partial charge in [-0.05, 0) is 31.2 Å². The van der Waals surface area contributed by atoms with Crippen molar-refractivity contribution in [3.8, 4) is 5.75 Å². The van der Waals surface area contributed by atoms with Crippen LogP contribution in [0, 0.1) is 0 Å². The Kier molecular flexibility index (Phi) is 4.69. The van der Waals surface area contributed by atoms with Gasteiger partial charge in [0.1, 0.15) is 5.75 Å². The van der Waals surface area contributed by atoms with E-state index in [1.54, 1.807) is 0 Å². The molecule has 0 saturated carbocycles. The number of rotatable bonds is 3. The Balaban J connectivity index is 1.89. The lowest BCUT2D eigenvalue weighted by Gasteiger charge is -2.28. The molecule has 2 unspecified atom stereocenters. The fourth-order valence-corrected chi connectivity index (χ4v) is 1.94. The number of ether oxygens (including phenoxy) is 1. The lowest BCUT2D eigenvalue weighted by Crippen LogP contribution is -2.57. The third-order valence-electron chi connectivity index (χ3n) is 3.01. The molecule has 0 aliphatic carbocycles. The zero-order chi connectivity index (χ0) is 15.5. The second kappa shape index (κ2) is 6.31. The van der Waals surface area contributed by atoms with Crippen molar-refractivity contribution < 1.29 is 22.7 Å². The first-order valence-corrected chi connectivity index (χ1v) is 6.47. The summed E-state index contributed by atoms with van der Waals surface area (Å²) in [5.41, 5.74) is 0.412. The summed E-state index contributed by atoms with van der Waals surface area (Å²) >= 11 is 0. The van der Waals surface area contributed by atoms with Gasteiger partial charge in [-0.3, -0.25) is 4.79 Å². The van der Waals surface area contributed by atoms with Gasteiger partial charge < -0.3 is 20.7 Å². The van der Waals surface area contributed by atoms with Gasteiger partial charge in [0, 0.05) is 24.8 Å². The minimum absolute atomic E-state index is 0.237. The number of anilines is 1. The Labute approximate surface area is 119 Å². The Morgan fingerprint density at radius 1 is 1.24 bits per heavy atom. The minimum atomic E-state index is -4.72. The smallest absolute Gasteiger partial charge is 0.406 e. The Bertz CT molecular complexity index is 482. The molecule has 1 aliphatic rings. The van der Waals surface area contributed by atoms with Crippen LogP contribution in [-0.2, 0) is 4.79 Å². The average molecular weight is 303 g/mol. The molecule has 2 rings (SSSR count). The number of benzene rings is 1. The highest BCUT2D eigenvalue weighted by Crippen LogP contribution is 2.23. The maximum atomic E-state index is 12.0. The van der Waals surface area contributed by atoms with Crippen LogP contribution in [0.15, 0.2) is 24.3 Å². The van der Waals surface area contributed by atoms with Gasteiger partial charge in [-0.25, -0.2) is 0 Å². The molecular weight excluding hydrogens is 287 g/mol. The van der Waals surface area contributed by atoms with Crippen LogP contribution < -0.4 is 20.7 Å². The van der Waals surface area contributed by atoms with Gasteiger partial charge in [0.15, 0.2) is 0 Å². The van der Waals surface area contributed by atoms with Crippen molar-refractivity contribution in [2.75, 3.05) is 18.4 Å². The number of carbonyl (C=O) groups excluding carboxylic acids is 1. The van der Waals surface area contributed by atoms with E-state index in [2.05, 4.69) is 20.7 Å². The molecule has 0 radical (unpaired) electrons. The van der Waals surface area contributed by atoms with Crippen LogP contribution in [-0.4, -0.2) is 37.4 Å². The number of alkyl halides is 3. The molecular formula is C13H16F3N3O2. The van der Waals surface area contributed by atoms with E-state index in [4.69, 9.17) is 0 Å². The molecule has 1 fully saturated rings. The molecule has 0 bridgehead atoms. The predicted octanol–water partition coefficient (Wildman–Crippen LogP) is 1.47. The van der Waals surface area contributed by atoms with Gasteiger partial charge in [-0.15, -0.1) is 13.2 Å². The maximum absolute atomic E-state index is 12.0. The van der Waals surface area contributed by atoms with E-state index in [0.29, 0.717) is 24.8 Å². The minimum Gasteiger partial charge on any atom is -0.406 e. The monoisotopic (exact) mass is 303 g/mol. The molecule has 2 atom stereocenters. The third kappa shape index (κ3) is 4.91. The van der Waals surface area contributed by atoms with Crippen molar-refractivity contribution in [2.45, 2.75) is 25.4 Å². The summed E-state index contributed by atoms with van der Waals surface area (Å²) in [6.07, 6.45) is -4.72. The SMILES string of the molecule is CC1CNC(C(=O)Nc2ccc(OC(F)(F)F)cc2)CN1. The summed E-state index contributed by atoms with van der Waals surface area (Å²) in [7, 11) is 0. The second-order valence-electron chi connectivity index (χ2n) is 4.83. The fourth-order valence-electron chi connectivity index (χ4n) is 1.94. The van der Waals surface area contributed by atoms with Crippen LogP contribution in [0.2, 0.25) is 0 Å². The quantitative estimate of drug-likeness (QED) is 0.791. The van der Waals surface area contributed by atoms with Crippen molar-refractivity contribution in [1.29, 1.82) is 0 Å². The van der Waals surface area contributed by atoms with E-state index in [1.807, 2.05) is 6.92 Å². The van der Waals surface area contributed by atoms with E-state index < -0.39 is 6.36 Å². The van der Waals surface area contributed by atoms with Gasteiger partial charge in [0.2, 0.25) is 5.91 Å². The highest BCUT2D eigenvalue weighted by Gasteiger charge is 2.31. The summed E-state index contributed by atoms with van der Waals surface area (Å²) in [4.78, 5) is 12.0. The van der Waals surface area contributed by atoms with Crippen molar-refractivity contribution >= 4 is 11.6 Å². The molecule has 8 heteroatoms. The predicted molar refractivity (Wildman–Crippen MR) is 71.0 cm³/mol. The van der Waals surface area contributed by atoms with Gasteiger partial charge in [-0.1, -0.05) is 0 Å². The molecule has 1 aromatic carbocycles. The first-order chi connectivity index (χ1) is 9.83. The molecule has 116 valence electrons. The van der Waals surface area contributed by atoms with Gasteiger partial charge in [0.25, 0.3) is 0 Å². The van der Waals surface area contributed by atoms with Crippen LogP contribution in [0.3, 0.4) is 0 Å². The number of hydrogen-bond acceptors (Lipinski definition) is 4. The average Bonchev–Trinajstić information content (AvgIpc) is 2.40. The fraction of sp³-hybridized carbons (Fsp3) is 0.462. The number of nitrogens with one attached hydrogen (secondary N) is 3. The van der Waals surface area contributed by atoms with Gasteiger partial charge in [-0.2, -0.15) is 0 Å². The van der Waals surface area contributed by atoms with Gasteiger partial charge in [0.05, 0.1) is 6.04 Å². The zero-order valence-electron chi connectivity index (χ0n) is 11.3. The second-order valence-corrected chi connectivity index (χ2v) is 4.83. The molecule has 0 spiro atoms. The standard InChI is InChI=1S/C13H16F3N3O2/c1-8-6-18-11(7-17-8)12(20)19-9-2-4-10(5-3-9)21-13(14,15)16/h2-5,8,11,17-18H,6-7H2,1H3,(H,19,20). The Morgan fingerprint density at radius 3 is 2.43 bits per heavy atom. The van der Waals surface area contributed by atoms with Crippen LogP contribution >= 0.6 is 0 Å². The topological polar surface area (TPSA) is 62.4 Å². The van der Waals surface area contributed by atoms with Crippen LogP contribution in [0.5, 0.6) is 5.75 Å². The first kappa shape index (κ1) is 15.6. The molecule has 1 heterocycles. The number of piperazine rings is 1. The van der Waals surface area contributed by atoms with Crippen molar-refractivity contribution in [3.05, 3.63) is 24.3 Å². The highest BCUT2D eigenvalue weighted by molar-refractivity contribution is 5.95. The molecule has 1 saturated heterocycles. The molecule has 3 N–H and O–H groups in total. The Morgan fingerprint density at radius 2 is 1.90 bits per heavy atom. The van der Waals surface area contributed by atoms with E-state index in [0.717, 1.165) is 12.1 Å². The Hall–Kier alpha value is -1.80. The van der Waals surface area contributed by atoms with Crippen molar-refractivity contribution in [3.63, 3.8) is 0 Å². The number of amides is 1. The van der Waals surface area contributed by atoms with Crippen LogP contribution in [0.4, 0.5) is 18.9 Å². The lowest BCUT2D eigenvalue weighted by atomic mass is 10.1. The van der Waals surface area contributed by atoms with E-state index in [-0.39, 0.29) is 17.7 Å².